The predicted octanol–water partition coefficient (Wildman–Crippen LogP) is 2.66. The Kier molecular flexibility index (Phi) is 4.73. The van der Waals surface area contributed by atoms with Crippen LogP contribution in [0.15, 0.2) is 18.2 Å². The lowest BCUT2D eigenvalue weighted by Crippen LogP contribution is -2.46. The van der Waals surface area contributed by atoms with Gasteiger partial charge in [0.15, 0.2) is 0 Å². The molecule has 0 aromatic heterocycles. The lowest BCUT2D eigenvalue weighted by molar-refractivity contribution is -0.00138. The Hall–Kier alpha value is -1.46. The van der Waals surface area contributed by atoms with Crippen LogP contribution >= 0.6 is 11.6 Å². The Balaban J connectivity index is 2.13. The van der Waals surface area contributed by atoms with E-state index in [1.807, 2.05) is 44.1 Å². The van der Waals surface area contributed by atoms with Crippen LogP contribution in [-0.2, 0) is 4.74 Å². The summed E-state index contributed by atoms with van der Waals surface area (Å²) in [5, 5.41) is 3.54. The van der Waals surface area contributed by atoms with Crippen molar-refractivity contribution in [3.63, 3.8) is 0 Å². The third-order valence-corrected chi connectivity index (χ3v) is 3.51. The van der Waals surface area contributed by atoms with E-state index in [1.54, 1.807) is 4.90 Å². The summed E-state index contributed by atoms with van der Waals surface area (Å²) in [5.74, 6) is 0. The molecule has 6 heteroatoms. The first-order valence-electron chi connectivity index (χ1n) is 6.62. The highest BCUT2D eigenvalue weighted by Gasteiger charge is 2.22. The van der Waals surface area contributed by atoms with Gasteiger partial charge in [-0.25, -0.2) is 4.79 Å². The number of morpholine rings is 1. The molecule has 0 aliphatic carbocycles. The van der Waals surface area contributed by atoms with E-state index in [4.69, 9.17) is 16.3 Å². The lowest BCUT2D eigenvalue weighted by Gasteiger charge is -2.31. The summed E-state index contributed by atoms with van der Waals surface area (Å²) in [4.78, 5) is 15.9. The normalized spacial score (nSPS) is 18.8. The van der Waals surface area contributed by atoms with E-state index < -0.39 is 0 Å². The van der Waals surface area contributed by atoms with Crippen LogP contribution < -0.4 is 10.2 Å². The SMILES string of the molecule is CC1CN(C(=O)Nc2cccc(Cl)c2N(C)C)CCO1. The second-order valence-corrected chi connectivity index (χ2v) is 5.50. The molecule has 2 rings (SSSR count). The molecule has 110 valence electrons. The number of para-hydroxylation sites is 1. The maximum atomic E-state index is 12.3. The minimum atomic E-state index is -0.120. The largest absolute Gasteiger partial charge is 0.375 e. The van der Waals surface area contributed by atoms with Crippen LogP contribution in [0.4, 0.5) is 16.2 Å². The van der Waals surface area contributed by atoms with Crippen LogP contribution in [-0.4, -0.2) is 50.8 Å². The Morgan fingerprint density at radius 2 is 2.25 bits per heavy atom. The number of nitrogens with zero attached hydrogens (tertiary/aromatic N) is 2. The third kappa shape index (κ3) is 3.35. The van der Waals surface area contributed by atoms with Crippen molar-refractivity contribution in [2.45, 2.75) is 13.0 Å². The number of amides is 2. The van der Waals surface area contributed by atoms with E-state index in [0.717, 1.165) is 5.69 Å². The van der Waals surface area contributed by atoms with Crippen molar-refractivity contribution in [3.8, 4) is 0 Å². The van der Waals surface area contributed by atoms with Crippen LogP contribution in [0.2, 0.25) is 5.02 Å². The average molecular weight is 298 g/mol. The number of carbonyl (C=O) groups is 1. The summed E-state index contributed by atoms with van der Waals surface area (Å²) in [6.07, 6.45) is 0.0715. The minimum Gasteiger partial charge on any atom is -0.375 e. The lowest BCUT2D eigenvalue weighted by atomic mass is 10.2. The molecular weight excluding hydrogens is 278 g/mol. The zero-order chi connectivity index (χ0) is 14.7. The highest BCUT2D eigenvalue weighted by molar-refractivity contribution is 6.34. The number of nitrogens with one attached hydrogen (secondary N) is 1. The third-order valence-electron chi connectivity index (χ3n) is 3.20. The number of halogens is 1. The maximum Gasteiger partial charge on any atom is 0.322 e. The number of urea groups is 1. The second-order valence-electron chi connectivity index (χ2n) is 5.09. The van der Waals surface area contributed by atoms with Gasteiger partial charge in [0.2, 0.25) is 0 Å². The average Bonchev–Trinajstić information content (AvgIpc) is 2.38. The van der Waals surface area contributed by atoms with Gasteiger partial charge in [-0.05, 0) is 19.1 Å². The van der Waals surface area contributed by atoms with Gasteiger partial charge in [0, 0.05) is 27.2 Å². The van der Waals surface area contributed by atoms with E-state index in [9.17, 15) is 4.79 Å². The van der Waals surface area contributed by atoms with Crippen molar-refractivity contribution in [2.75, 3.05) is 44.0 Å². The van der Waals surface area contributed by atoms with Crippen molar-refractivity contribution < 1.29 is 9.53 Å². The molecule has 1 saturated heterocycles. The van der Waals surface area contributed by atoms with Gasteiger partial charge < -0.3 is 19.9 Å². The molecule has 1 aromatic rings. The molecule has 1 atom stereocenters. The zero-order valence-electron chi connectivity index (χ0n) is 12.0. The molecule has 1 aliphatic heterocycles. The monoisotopic (exact) mass is 297 g/mol. The Bertz CT molecular complexity index is 493. The molecule has 0 radical (unpaired) electrons. The molecule has 1 fully saturated rings. The van der Waals surface area contributed by atoms with Gasteiger partial charge in [0.1, 0.15) is 0 Å². The van der Waals surface area contributed by atoms with Crippen LogP contribution in [0.3, 0.4) is 0 Å². The van der Waals surface area contributed by atoms with Crippen LogP contribution in [0.25, 0.3) is 0 Å². The molecule has 20 heavy (non-hydrogen) atoms. The fraction of sp³-hybridized carbons (Fsp3) is 0.500. The molecule has 2 amide bonds. The Morgan fingerprint density at radius 3 is 2.90 bits per heavy atom. The van der Waals surface area contributed by atoms with Gasteiger partial charge in [0.25, 0.3) is 0 Å². The van der Waals surface area contributed by atoms with Crippen molar-refractivity contribution >= 4 is 29.0 Å². The van der Waals surface area contributed by atoms with Crippen molar-refractivity contribution in [3.05, 3.63) is 23.2 Å². The fourth-order valence-electron chi connectivity index (χ4n) is 2.27. The first kappa shape index (κ1) is 14.9. The highest BCUT2D eigenvalue weighted by Crippen LogP contribution is 2.32. The number of hydrogen-bond donors (Lipinski definition) is 1. The minimum absolute atomic E-state index is 0.0715. The topological polar surface area (TPSA) is 44.8 Å². The highest BCUT2D eigenvalue weighted by atomic mass is 35.5. The van der Waals surface area contributed by atoms with Gasteiger partial charge in [-0.3, -0.25) is 0 Å². The summed E-state index contributed by atoms with van der Waals surface area (Å²) >= 11 is 6.19. The molecule has 0 bridgehead atoms. The standard InChI is InChI=1S/C14H20ClN3O2/c1-10-9-18(7-8-20-10)14(19)16-12-6-4-5-11(15)13(12)17(2)3/h4-6,10H,7-9H2,1-3H3,(H,16,19). The summed E-state index contributed by atoms with van der Waals surface area (Å²) in [5.41, 5.74) is 1.52. The van der Waals surface area contributed by atoms with Crippen molar-refractivity contribution in [1.82, 2.24) is 4.90 Å². The van der Waals surface area contributed by atoms with Gasteiger partial charge in [0.05, 0.1) is 29.1 Å². The van der Waals surface area contributed by atoms with E-state index in [-0.39, 0.29) is 12.1 Å². The Morgan fingerprint density at radius 1 is 1.50 bits per heavy atom. The summed E-state index contributed by atoms with van der Waals surface area (Å²) < 4.78 is 5.44. The number of anilines is 2. The van der Waals surface area contributed by atoms with Gasteiger partial charge in [-0.1, -0.05) is 17.7 Å². The van der Waals surface area contributed by atoms with Gasteiger partial charge >= 0.3 is 6.03 Å². The van der Waals surface area contributed by atoms with E-state index in [1.165, 1.54) is 0 Å². The van der Waals surface area contributed by atoms with Gasteiger partial charge in [-0.15, -0.1) is 0 Å². The van der Waals surface area contributed by atoms with Crippen molar-refractivity contribution in [1.29, 1.82) is 0 Å². The fourth-order valence-corrected chi connectivity index (χ4v) is 2.61. The number of benzene rings is 1. The molecular formula is C14H20ClN3O2. The molecule has 1 N–H and O–H groups in total. The molecule has 5 nitrogen and oxygen atoms in total. The first-order chi connectivity index (χ1) is 9.49. The summed E-state index contributed by atoms with van der Waals surface area (Å²) in [6.45, 7) is 3.74. The number of rotatable bonds is 2. The van der Waals surface area contributed by atoms with Crippen molar-refractivity contribution in [2.24, 2.45) is 0 Å². The van der Waals surface area contributed by atoms with Crippen LogP contribution in [0.1, 0.15) is 6.92 Å². The van der Waals surface area contributed by atoms with E-state index >= 15 is 0 Å². The number of carbonyl (C=O) groups excluding carboxylic acids is 1. The van der Waals surface area contributed by atoms with Crippen LogP contribution in [0, 0.1) is 0 Å². The van der Waals surface area contributed by atoms with E-state index in [0.29, 0.717) is 30.4 Å². The maximum absolute atomic E-state index is 12.3. The first-order valence-corrected chi connectivity index (χ1v) is 7.00. The Labute approximate surface area is 124 Å². The second kappa shape index (κ2) is 6.33. The van der Waals surface area contributed by atoms with Crippen LogP contribution in [0.5, 0.6) is 0 Å². The smallest absolute Gasteiger partial charge is 0.322 e. The predicted molar refractivity (Wildman–Crippen MR) is 81.8 cm³/mol. The van der Waals surface area contributed by atoms with E-state index in [2.05, 4.69) is 5.32 Å². The molecule has 0 spiro atoms. The molecule has 1 aromatic carbocycles. The molecule has 1 unspecified atom stereocenters. The molecule has 1 aliphatic rings. The molecule has 1 heterocycles. The summed E-state index contributed by atoms with van der Waals surface area (Å²) in [7, 11) is 3.79. The number of hydrogen-bond acceptors (Lipinski definition) is 3. The summed E-state index contributed by atoms with van der Waals surface area (Å²) in [6, 6.07) is 5.37. The van der Waals surface area contributed by atoms with Gasteiger partial charge in [-0.2, -0.15) is 0 Å². The number of ether oxygens (including phenoxy) is 1. The quantitative estimate of drug-likeness (QED) is 0.913. The zero-order valence-corrected chi connectivity index (χ0v) is 12.8. The molecule has 0 saturated carbocycles.